The predicted molar refractivity (Wildman–Crippen MR) is 396 cm³/mol. The van der Waals surface area contributed by atoms with E-state index in [9.17, 15) is 61.0 Å². The van der Waals surface area contributed by atoms with E-state index >= 15 is 0 Å². The first-order chi connectivity index (χ1) is 48.8. The number of nitrogens with one attached hydrogen (secondary N) is 1. The Balaban J connectivity index is 1.32. The van der Waals surface area contributed by atoms with Crippen LogP contribution in [0.15, 0.2) is 134 Å². The fraction of sp³-hybridized carbons (Fsp3) is 0.716. The van der Waals surface area contributed by atoms with Gasteiger partial charge in [0.25, 0.3) is 0 Å². The summed E-state index contributed by atoms with van der Waals surface area (Å²) < 4.78 is 34.3. The summed E-state index contributed by atoms with van der Waals surface area (Å²) in [6.45, 7) is 1.57. The average molecular weight is 1410 g/mol. The molecule has 3 rings (SSSR count). The lowest BCUT2D eigenvalue weighted by atomic mass is 9.96. The average Bonchev–Trinajstić information content (AvgIpc) is 0.783. The molecule has 0 aromatic heterocycles. The first-order valence-corrected chi connectivity index (χ1v) is 38.4. The number of carbonyl (C=O) groups is 1. The summed E-state index contributed by atoms with van der Waals surface area (Å²) in [5.41, 5.74) is 0. The lowest BCUT2D eigenvalue weighted by molar-refractivity contribution is -0.379. The molecule has 0 aromatic carbocycles. The van der Waals surface area contributed by atoms with E-state index in [-0.39, 0.29) is 18.9 Å². The Labute approximate surface area is 600 Å². The Bertz CT molecular complexity index is 2330. The molecule has 0 spiro atoms. The molecule has 12 N–H and O–H groups in total. The molecule has 19 nitrogen and oxygen atoms in total. The number of aliphatic hydroxyl groups excluding tert-OH is 11. The molecule has 0 aromatic rings. The second-order valence-electron chi connectivity index (χ2n) is 26.7. The molecule has 17 atom stereocenters. The van der Waals surface area contributed by atoms with Crippen LogP contribution >= 0.6 is 0 Å². The van der Waals surface area contributed by atoms with Gasteiger partial charge in [-0.3, -0.25) is 4.79 Å². The molecule has 0 aliphatic carbocycles. The molecule has 1 amide bonds. The van der Waals surface area contributed by atoms with Crippen LogP contribution in [0.25, 0.3) is 0 Å². The minimum atomic E-state index is -1.99. The third-order valence-electron chi connectivity index (χ3n) is 18.2. The van der Waals surface area contributed by atoms with Gasteiger partial charge < -0.3 is 89.9 Å². The summed E-state index contributed by atoms with van der Waals surface area (Å²) in [5, 5.41) is 121. The molecule has 0 bridgehead atoms. The quantitative estimate of drug-likeness (QED) is 0.0199. The molecule has 3 saturated heterocycles. The Morgan fingerprint density at radius 1 is 0.370 bits per heavy atom. The summed E-state index contributed by atoms with van der Waals surface area (Å²) >= 11 is 0. The number of hydrogen-bond acceptors (Lipinski definition) is 18. The fourth-order valence-electron chi connectivity index (χ4n) is 12.0. The van der Waals surface area contributed by atoms with Crippen LogP contribution in [0.5, 0.6) is 0 Å². The van der Waals surface area contributed by atoms with Crippen LogP contribution in [0, 0.1) is 0 Å². The van der Waals surface area contributed by atoms with Crippen molar-refractivity contribution in [3.63, 3.8) is 0 Å². The van der Waals surface area contributed by atoms with Crippen LogP contribution in [0.2, 0.25) is 0 Å². The molecule has 17 unspecified atom stereocenters. The van der Waals surface area contributed by atoms with Crippen molar-refractivity contribution >= 4 is 5.91 Å². The number of ether oxygens (including phenoxy) is 6. The third kappa shape index (κ3) is 40.3. The van der Waals surface area contributed by atoms with Crippen molar-refractivity contribution in [2.75, 3.05) is 26.4 Å². The minimum Gasteiger partial charge on any atom is -0.394 e. The van der Waals surface area contributed by atoms with Gasteiger partial charge in [0.05, 0.1) is 38.6 Å². The molecule has 3 aliphatic rings. The maximum absolute atomic E-state index is 13.4. The van der Waals surface area contributed by atoms with Gasteiger partial charge in [0.15, 0.2) is 18.9 Å². The highest BCUT2D eigenvalue weighted by atomic mass is 16.8. The topological polar surface area (TPSA) is 307 Å². The summed E-state index contributed by atoms with van der Waals surface area (Å²) in [6, 6.07) is -0.998. The highest BCUT2D eigenvalue weighted by molar-refractivity contribution is 5.76. The van der Waals surface area contributed by atoms with Gasteiger partial charge in [-0.1, -0.05) is 263 Å². The fourth-order valence-corrected chi connectivity index (χ4v) is 12.0. The largest absolute Gasteiger partial charge is 0.394 e. The van der Waals surface area contributed by atoms with E-state index < -0.39 is 124 Å². The van der Waals surface area contributed by atoms with Gasteiger partial charge in [-0.2, -0.15) is 0 Å². The van der Waals surface area contributed by atoms with E-state index in [2.05, 4.69) is 141 Å². The Morgan fingerprint density at radius 3 is 1.12 bits per heavy atom. The molecule has 572 valence electrons. The lowest BCUT2D eigenvalue weighted by Crippen LogP contribution is -2.66. The summed E-state index contributed by atoms with van der Waals surface area (Å²) in [5.74, 6) is -0.292. The van der Waals surface area contributed by atoms with Gasteiger partial charge in [0.2, 0.25) is 5.91 Å². The van der Waals surface area contributed by atoms with Crippen molar-refractivity contribution in [2.45, 2.75) is 343 Å². The molecule has 3 fully saturated rings. The maximum atomic E-state index is 13.4. The number of allylic oxidation sites excluding steroid dienone is 21. The van der Waals surface area contributed by atoms with E-state index in [1.54, 1.807) is 6.08 Å². The van der Waals surface area contributed by atoms with Crippen molar-refractivity contribution in [1.29, 1.82) is 0 Å². The van der Waals surface area contributed by atoms with Crippen LogP contribution in [-0.2, 0) is 33.2 Å². The van der Waals surface area contributed by atoms with Gasteiger partial charge in [-0.15, -0.1) is 0 Å². The molecular weight excluding hydrogens is 1270 g/mol. The van der Waals surface area contributed by atoms with E-state index in [1.807, 2.05) is 6.08 Å². The van der Waals surface area contributed by atoms with Crippen LogP contribution in [0.3, 0.4) is 0 Å². The van der Waals surface area contributed by atoms with Crippen molar-refractivity contribution < 1.29 is 89.4 Å². The molecular formula is C81H135NO18. The number of unbranched alkanes of at least 4 members (excludes halogenated alkanes) is 22. The Morgan fingerprint density at radius 2 is 0.700 bits per heavy atom. The number of rotatable bonds is 58. The predicted octanol–water partition coefficient (Wildman–Crippen LogP) is 12.1. The third-order valence-corrected chi connectivity index (χ3v) is 18.2. The molecule has 3 aliphatic heterocycles. The number of aliphatic hydroxyl groups is 11. The van der Waals surface area contributed by atoms with Crippen molar-refractivity contribution in [2.24, 2.45) is 0 Å². The zero-order valence-corrected chi connectivity index (χ0v) is 60.9. The van der Waals surface area contributed by atoms with Crippen LogP contribution in [0.4, 0.5) is 0 Å². The first-order valence-electron chi connectivity index (χ1n) is 38.4. The van der Waals surface area contributed by atoms with Gasteiger partial charge >= 0.3 is 0 Å². The van der Waals surface area contributed by atoms with Crippen LogP contribution in [-0.4, -0.2) is 193 Å². The van der Waals surface area contributed by atoms with Crippen LogP contribution < -0.4 is 5.32 Å². The second-order valence-corrected chi connectivity index (χ2v) is 26.7. The zero-order chi connectivity index (χ0) is 72.5. The standard InChI is InChI=1S/C81H135NO18/c1-3-5-7-9-11-13-15-17-19-20-21-22-23-24-25-26-27-28-29-30-31-32-33-34-35-36-37-38-39-40-41-42-43-44-45-47-49-51-53-55-57-59-69(87)82-64(65(86)58-56-54-52-50-48-46-18-16-14-12-10-8-6-4-2)63-95-79-75(93)72(90)77(67(61-84)97-79)100-81-76(94)73(91)78(68(62-85)98-81)99-80-74(92)71(89)70(88)66(60-83)96-80/h5,7,11,13,17,19,21-22,24-25,27-28,30-31,33-34,36-37,48,50,56,58,64-68,70-81,83-86,88-94H,3-4,6,8-10,12,14-16,18,20,23,26,29,32,35,38-47,49,51-55,57,59-63H2,1-2H3,(H,82,87)/b7-5-,13-11-,19-17-,22-21-,25-24-,28-27-,31-30-,34-33-,37-36-,50-48+,58-56+. The van der Waals surface area contributed by atoms with Crippen molar-refractivity contribution in [3.8, 4) is 0 Å². The molecule has 19 heteroatoms. The Kier molecular flexibility index (Phi) is 54.3. The molecule has 0 saturated carbocycles. The van der Waals surface area contributed by atoms with Crippen molar-refractivity contribution in [1.82, 2.24) is 5.32 Å². The van der Waals surface area contributed by atoms with Gasteiger partial charge in [0.1, 0.15) is 73.2 Å². The molecule has 0 radical (unpaired) electrons. The summed E-state index contributed by atoms with van der Waals surface area (Å²) in [7, 11) is 0. The smallest absolute Gasteiger partial charge is 0.220 e. The van der Waals surface area contributed by atoms with Gasteiger partial charge in [0, 0.05) is 6.42 Å². The second kappa shape index (κ2) is 60.2. The zero-order valence-electron chi connectivity index (χ0n) is 60.9. The number of carbonyl (C=O) groups excluding carboxylic acids is 1. The molecule has 3 heterocycles. The number of amides is 1. The molecule has 100 heavy (non-hydrogen) atoms. The van der Waals surface area contributed by atoms with E-state index in [0.717, 1.165) is 109 Å². The van der Waals surface area contributed by atoms with Crippen molar-refractivity contribution in [3.05, 3.63) is 134 Å². The van der Waals surface area contributed by atoms with Crippen LogP contribution in [0.1, 0.15) is 239 Å². The first kappa shape index (κ1) is 90.1. The lowest BCUT2D eigenvalue weighted by Gasteiger charge is -2.48. The highest BCUT2D eigenvalue weighted by Crippen LogP contribution is 2.33. The minimum absolute atomic E-state index is 0.227. The normalized spacial score (nSPS) is 27.2. The maximum Gasteiger partial charge on any atom is 0.220 e. The number of hydrogen-bond donors (Lipinski definition) is 12. The van der Waals surface area contributed by atoms with Gasteiger partial charge in [-0.25, -0.2) is 0 Å². The summed E-state index contributed by atoms with van der Waals surface area (Å²) in [4.78, 5) is 13.4. The monoisotopic (exact) mass is 1410 g/mol. The van der Waals surface area contributed by atoms with Gasteiger partial charge in [-0.05, 0) is 103 Å². The highest BCUT2D eigenvalue weighted by Gasteiger charge is 2.53. The SMILES string of the molecule is CC/C=C\C/C=C\C/C=C\C/C=C\C/C=C\C/C=C\C/C=C\C/C=C\C/C=C\CCCCCCCCCCCCCCCC(=O)NC(COC1OC(CO)C(OC2OC(CO)C(OC3OC(CO)C(O)C(O)C3O)C(O)C2O)C(O)C1O)C(O)/C=C/CC/C=C/CCCCCCCCCC. The van der Waals surface area contributed by atoms with E-state index in [4.69, 9.17) is 28.4 Å². The Hall–Kier alpha value is -4.07. The summed E-state index contributed by atoms with van der Waals surface area (Å²) in [6.07, 6.45) is 58.8. The van der Waals surface area contributed by atoms with E-state index in [0.29, 0.717) is 12.8 Å². The van der Waals surface area contributed by atoms with E-state index in [1.165, 1.54) is 96.3 Å².